The van der Waals surface area contributed by atoms with Gasteiger partial charge >= 0.3 is 0 Å². The molecule has 1 aromatic carbocycles. The summed E-state index contributed by atoms with van der Waals surface area (Å²) in [6, 6.07) is 8.25. The summed E-state index contributed by atoms with van der Waals surface area (Å²) >= 11 is 0. The molecule has 0 unspecified atom stereocenters. The number of guanidine groups is 1. The van der Waals surface area contributed by atoms with Crippen LogP contribution >= 0.6 is 0 Å². The minimum Gasteiger partial charge on any atom is -0.492 e. The zero-order chi connectivity index (χ0) is 12.7. The third kappa shape index (κ3) is 5.80. The standard InChI is InChI=1S/C13H21N3O/c1-10(2)16-13(14)15-8-9-17-12-6-4-11(3)5-7-12/h4-7,10H,8-9H2,1-3H3,(H3,14,15,16). The molecule has 0 saturated heterocycles. The molecular formula is C13H21N3O. The molecule has 17 heavy (non-hydrogen) atoms. The van der Waals surface area contributed by atoms with Crippen LogP contribution in [0.15, 0.2) is 29.3 Å². The Bertz CT molecular complexity index is 357. The van der Waals surface area contributed by atoms with Crippen LogP contribution in [0.3, 0.4) is 0 Å². The van der Waals surface area contributed by atoms with Gasteiger partial charge < -0.3 is 15.8 Å². The predicted molar refractivity (Wildman–Crippen MR) is 71.4 cm³/mol. The van der Waals surface area contributed by atoms with E-state index < -0.39 is 0 Å². The largest absolute Gasteiger partial charge is 0.492 e. The molecule has 4 heteroatoms. The average Bonchev–Trinajstić information content (AvgIpc) is 2.26. The van der Waals surface area contributed by atoms with Gasteiger partial charge in [-0.15, -0.1) is 0 Å². The van der Waals surface area contributed by atoms with Crippen LogP contribution in [0.2, 0.25) is 0 Å². The lowest BCUT2D eigenvalue weighted by molar-refractivity contribution is 0.328. The molecule has 3 N–H and O–H groups in total. The van der Waals surface area contributed by atoms with Gasteiger partial charge in [-0.3, -0.25) is 0 Å². The van der Waals surface area contributed by atoms with Crippen molar-refractivity contribution in [3.05, 3.63) is 29.8 Å². The fraction of sp³-hybridized carbons (Fsp3) is 0.462. The molecule has 1 rings (SSSR count). The second-order valence-corrected chi connectivity index (χ2v) is 4.23. The highest BCUT2D eigenvalue weighted by Gasteiger charge is 1.95. The number of aryl methyl sites for hydroxylation is 1. The Hall–Kier alpha value is -1.71. The fourth-order valence-electron chi connectivity index (χ4n) is 1.31. The Morgan fingerprint density at radius 1 is 1.35 bits per heavy atom. The van der Waals surface area contributed by atoms with Gasteiger partial charge in [0.25, 0.3) is 0 Å². The van der Waals surface area contributed by atoms with Crippen molar-refractivity contribution in [3.63, 3.8) is 0 Å². The zero-order valence-corrected chi connectivity index (χ0v) is 10.7. The van der Waals surface area contributed by atoms with Gasteiger partial charge in [-0.2, -0.15) is 0 Å². The molecule has 0 aliphatic carbocycles. The van der Waals surface area contributed by atoms with E-state index in [1.165, 1.54) is 5.56 Å². The number of ether oxygens (including phenoxy) is 1. The summed E-state index contributed by atoms with van der Waals surface area (Å²) in [6.45, 7) is 7.17. The van der Waals surface area contributed by atoms with E-state index in [1.807, 2.05) is 45.0 Å². The Balaban J connectivity index is 2.26. The second kappa shape index (κ2) is 6.78. The maximum absolute atomic E-state index is 5.66. The van der Waals surface area contributed by atoms with Crippen molar-refractivity contribution < 1.29 is 4.74 Å². The molecule has 0 heterocycles. The molecule has 0 bridgehead atoms. The minimum absolute atomic E-state index is 0.303. The lowest BCUT2D eigenvalue weighted by atomic mass is 10.2. The van der Waals surface area contributed by atoms with Gasteiger partial charge in [-0.05, 0) is 32.9 Å². The molecule has 4 nitrogen and oxygen atoms in total. The lowest BCUT2D eigenvalue weighted by Gasteiger charge is -2.09. The number of nitrogens with zero attached hydrogens (tertiary/aromatic N) is 1. The predicted octanol–water partition coefficient (Wildman–Crippen LogP) is 1.69. The zero-order valence-electron chi connectivity index (χ0n) is 10.7. The molecule has 0 atom stereocenters. The van der Waals surface area contributed by atoms with Crippen LogP contribution in [-0.2, 0) is 0 Å². The van der Waals surface area contributed by atoms with E-state index in [4.69, 9.17) is 10.5 Å². The average molecular weight is 235 g/mol. The number of nitrogens with two attached hydrogens (primary N) is 1. The molecule has 1 aromatic rings. The third-order valence-electron chi connectivity index (χ3n) is 2.10. The molecule has 0 saturated carbocycles. The van der Waals surface area contributed by atoms with Crippen molar-refractivity contribution >= 4 is 5.96 Å². The van der Waals surface area contributed by atoms with Crippen molar-refractivity contribution in [1.29, 1.82) is 0 Å². The Morgan fingerprint density at radius 3 is 2.59 bits per heavy atom. The summed E-state index contributed by atoms with van der Waals surface area (Å²) in [6.07, 6.45) is 0. The van der Waals surface area contributed by atoms with Gasteiger partial charge in [0.1, 0.15) is 12.4 Å². The number of hydrogen-bond acceptors (Lipinski definition) is 2. The van der Waals surface area contributed by atoms with Crippen LogP contribution in [0.5, 0.6) is 5.75 Å². The van der Waals surface area contributed by atoms with E-state index in [9.17, 15) is 0 Å². The first-order chi connectivity index (χ1) is 8.08. The first-order valence-corrected chi connectivity index (χ1v) is 5.84. The first kappa shape index (κ1) is 13.4. The van der Waals surface area contributed by atoms with E-state index in [2.05, 4.69) is 10.3 Å². The monoisotopic (exact) mass is 235 g/mol. The van der Waals surface area contributed by atoms with E-state index in [0.29, 0.717) is 25.2 Å². The van der Waals surface area contributed by atoms with Gasteiger partial charge in [0.15, 0.2) is 5.96 Å². The highest BCUT2D eigenvalue weighted by Crippen LogP contribution is 2.10. The van der Waals surface area contributed by atoms with Crippen LogP contribution in [0.1, 0.15) is 19.4 Å². The van der Waals surface area contributed by atoms with Crippen LogP contribution in [-0.4, -0.2) is 25.2 Å². The summed E-state index contributed by atoms with van der Waals surface area (Å²) < 4.78 is 5.53. The molecule has 0 amide bonds. The highest BCUT2D eigenvalue weighted by molar-refractivity contribution is 5.78. The molecule has 0 aromatic heterocycles. The lowest BCUT2D eigenvalue weighted by Crippen LogP contribution is -2.37. The number of benzene rings is 1. The summed E-state index contributed by atoms with van der Waals surface area (Å²) in [4.78, 5) is 4.16. The van der Waals surface area contributed by atoms with Crippen LogP contribution < -0.4 is 15.8 Å². The maximum atomic E-state index is 5.66. The highest BCUT2D eigenvalue weighted by atomic mass is 16.5. The van der Waals surface area contributed by atoms with Crippen molar-refractivity contribution in [2.24, 2.45) is 10.7 Å². The van der Waals surface area contributed by atoms with E-state index in [-0.39, 0.29) is 0 Å². The molecule has 0 fully saturated rings. The van der Waals surface area contributed by atoms with Gasteiger partial charge in [-0.25, -0.2) is 4.99 Å². The van der Waals surface area contributed by atoms with Crippen molar-refractivity contribution in [2.45, 2.75) is 26.8 Å². The third-order valence-corrected chi connectivity index (χ3v) is 2.10. The normalized spacial score (nSPS) is 11.6. The summed E-state index contributed by atoms with van der Waals surface area (Å²) in [5, 5.41) is 3.02. The number of nitrogens with one attached hydrogen (secondary N) is 1. The Labute approximate surface area is 103 Å². The summed E-state index contributed by atoms with van der Waals surface area (Å²) in [5.74, 6) is 1.33. The molecule has 0 spiro atoms. The molecule has 94 valence electrons. The van der Waals surface area contributed by atoms with Crippen LogP contribution in [0.4, 0.5) is 0 Å². The van der Waals surface area contributed by atoms with Gasteiger partial charge in [0, 0.05) is 6.04 Å². The number of rotatable bonds is 5. The van der Waals surface area contributed by atoms with Crippen LogP contribution in [0.25, 0.3) is 0 Å². The number of hydrogen-bond donors (Lipinski definition) is 2. The van der Waals surface area contributed by atoms with Gasteiger partial charge in [0.2, 0.25) is 0 Å². The topological polar surface area (TPSA) is 59.6 Å². The van der Waals surface area contributed by atoms with Crippen LogP contribution in [0, 0.1) is 6.92 Å². The van der Waals surface area contributed by atoms with Gasteiger partial charge in [0.05, 0.1) is 6.54 Å². The van der Waals surface area contributed by atoms with Crippen molar-refractivity contribution in [1.82, 2.24) is 5.32 Å². The molecule has 0 aliphatic heterocycles. The molecular weight excluding hydrogens is 214 g/mol. The van der Waals surface area contributed by atoms with Crippen molar-refractivity contribution in [3.8, 4) is 5.75 Å². The first-order valence-electron chi connectivity index (χ1n) is 5.84. The summed E-state index contributed by atoms with van der Waals surface area (Å²) in [5.41, 5.74) is 6.88. The smallest absolute Gasteiger partial charge is 0.188 e. The molecule has 0 radical (unpaired) electrons. The Kier molecular flexibility index (Phi) is 5.33. The van der Waals surface area contributed by atoms with E-state index in [1.54, 1.807) is 0 Å². The fourth-order valence-corrected chi connectivity index (χ4v) is 1.31. The number of aliphatic imine (C=N–C) groups is 1. The summed E-state index contributed by atoms with van der Waals surface area (Å²) in [7, 11) is 0. The molecule has 0 aliphatic rings. The SMILES string of the molecule is Cc1ccc(OCCN=C(N)NC(C)C)cc1. The van der Waals surface area contributed by atoms with Crippen molar-refractivity contribution in [2.75, 3.05) is 13.2 Å². The van der Waals surface area contributed by atoms with Gasteiger partial charge in [-0.1, -0.05) is 17.7 Å². The minimum atomic E-state index is 0.303. The Morgan fingerprint density at radius 2 is 2.00 bits per heavy atom. The maximum Gasteiger partial charge on any atom is 0.188 e. The quantitative estimate of drug-likeness (QED) is 0.464. The second-order valence-electron chi connectivity index (χ2n) is 4.23. The van der Waals surface area contributed by atoms with E-state index >= 15 is 0 Å². The van der Waals surface area contributed by atoms with E-state index in [0.717, 1.165) is 5.75 Å².